The topological polar surface area (TPSA) is 90.2 Å². The fraction of sp³-hybridized carbons (Fsp3) is 0.733. The SMILES string of the molecule is CCC(C)Nc1nc(C2CCCCC2)nc(OC)c1[N+](=O)[O-]. The van der Waals surface area contributed by atoms with Gasteiger partial charge in [0.05, 0.1) is 12.0 Å². The summed E-state index contributed by atoms with van der Waals surface area (Å²) in [5.74, 6) is 1.24. The van der Waals surface area contributed by atoms with Crippen molar-refractivity contribution in [3.63, 3.8) is 0 Å². The van der Waals surface area contributed by atoms with Crippen LogP contribution in [0.2, 0.25) is 0 Å². The zero-order chi connectivity index (χ0) is 16.1. The van der Waals surface area contributed by atoms with E-state index in [0.717, 1.165) is 32.1 Å². The van der Waals surface area contributed by atoms with Crippen LogP contribution in [0.5, 0.6) is 5.88 Å². The van der Waals surface area contributed by atoms with Crippen LogP contribution in [0.3, 0.4) is 0 Å². The van der Waals surface area contributed by atoms with Gasteiger partial charge >= 0.3 is 5.69 Å². The third kappa shape index (κ3) is 3.64. The first-order valence-corrected chi connectivity index (χ1v) is 7.93. The second-order valence-corrected chi connectivity index (χ2v) is 5.83. The molecule has 0 aliphatic heterocycles. The lowest BCUT2D eigenvalue weighted by Gasteiger charge is -2.21. The van der Waals surface area contributed by atoms with Gasteiger partial charge in [-0.3, -0.25) is 10.1 Å². The van der Waals surface area contributed by atoms with Crippen molar-refractivity contribution in [2.45, 2.75) is 64.3 Å². The molecule has 7 heteroatoms. The number of hydrogen-bond donors (Lipinski definition) is 1. The Labute approximate surface area is 130 Å². The molecule has 0 bridgehead atoms. The van der Waals surface area contributed by atoms with Gasteiger partial charge in [0, 0.05) is 12.0 Å². The van der Waals surface area contributed by atoms with Crippen LogP contribution >= 0.6 is 0 Å². The van der Waals surface area contributed by atoms with E-state index in [2.05, 4.69) is 15.3 Å². The van der Waals surface area contributed by atoms with Crippen molar-refractivity contribution in [1.82, 2.24) is 9.97 Å². The number of ether oxygens (including phenoxy) is 1. The summed E-state index contributed by atoms with van der Waals surface area (Å²) in [5, 5.41) is 14.5. The zero-order valence-corrected chi connectivity index (χ0v) is 13.5. The summed E-state index contributed by atoms with van der Waals surface area (Å²) in [5.41, 5.74) is -0.178. The molecule has 0 amide bonds. The Hall–Kier alpha value is -1.92. The van der Waals surface area contributed by atoms with E-state index in [1.807, 2.05) is 13.8 Å². The summed E-state index contributed by atoms with van der Waals surface area (Å²) in [6.45, 7) is 3.99. The van der Waals surface area contributed by atoms with Gasteiger partial charge in [0.2, 0.25) is 5.82 Å². The molecule has 1 aromatic rings. The molecule has 0 saturated heterocycles. The first kappa shape index (κ1) is 16.5. The molecule has 1 aliphatic carbocycles. The fourth-order valence-electron chi connectivity index (χ4n) is 2.74. The van der Waals surface area contributed by atoms with E-state index in [4.69, 9.17) is 4.74 Å². The Bertz CT molecular complexity index is 530. The molecule has 1 heterocycles. The number of methoxy groups -OCH3 is 1. The van der Waals surface area contributed by atoms with Crippen LogP contribution in [0.4, 0.5) is 11.5 Å². The molecule has 0 spiro atoms. The molecular weight excluding hydrogens is 284 g/mol. The minimum Gasteiger partial charge on any atom is -0.476 e. The number of aromatic nitrogens is 2. The molecule has 1 N–H and O–H groups in total. The van der Waals surface area contributed by atoms with Gasteiger partial charge in [-0.05, 0) is 26.2 Å². The van der Waals surface area contributed by atoms with Crippen LogP contribution in [0.25, 0.3) is 0 Å². The number of anilines is 1. The van der Waals surface area contributed by atoms with Crippen molar-refractivity contribution in [2.75, 3.05) is 12.4 Å². The highest BCUT2D eigenvalue weighted by molar-refractivity contribution is 5.62. The summed E-state index contributed by atoms with van der Waals surface area (Å²) < 4.78 is 5.16. The van der Waals surface area contributed by atoms with Crippen LogP contribution in [0.15, 0.2) is 0 Å². The normalized spacial score (nSPS) is 17.0. The number of hydrogen-bond acceptors (Lipinski definition) is 6. The molecule has 1 atom stereocenters. The maximum absolute atomic E-state index is 11.4. The molecule has 2 rings (SSSR count). The van der Waals surface area contributed by atoms with Crippen molar-refractivity contribution >= 4 is 11.5 Å². The molecule has 1 unspecified atom stereocenters. The van der Waals surface area contributed by atoms with Gasteiger partial charge in [-0.15, -0.1) is 0 Å². The summed E-state index contributed by atoms with van der Waals surface area (Å²) in [6, 6.07) is 0.0949. The first-order chi connectivity index (χ1) is 10.6. The molecule has 1 aromatic heterocycles. The molecular formula is C15H24N4O3. The largest absolute Gasteiger partial charge is 0.476 e. The van der Waals surface area contributed by atoms with E-state index in [1.54, 1.807) is 0 Å². The van der Waals surface area contributed by atoms with Crippen LogP contribution in [0.1, 0.15) is 64.1 Å². The molecule has 22 heavy (non-hydrogen) atoms. The number of rotatable bonds is 6. The van der Waals surface area contributed by atoms with Gasteiger partial charge in [-0.1, -0.05) is 26.2 Å². The predicted molar refractivity (Wildman–Crippen MR) is 84.4 cm³/mol. The lowest BCUT2D eigenvalue weighted by atomic mass is 9.88. The van der Waals surface area contributed by atoms with E-state index in [-0.39, 0.29) is 29.3 Å². The molecule has 1 saturated carbocycles. The maximum atomic E-state index is 11.4. The zero-order valence-electron chi connectivity index (χ0n) is 13.5. The van der Waals surface area contributed by atoms with E-state index in [9.17, 15) is 10.1 Å². The van der Waals surface area contributed by atoms with E-state index < -0.39 is 4.92 Å². The molecule has 0 aromatic carbocycles. The average Bonchev–Trinajstić information content (AvgIpc) is 2.54. The Morgan fingerprint density at radius 2 is 2.05 bits per heavy atom. The van der Waals surface area contributed by atoms with Crippen LogP contribution in [-0.2, 0) is 0 Å². The quantitative estimate of drug-likeness (QED) is 0.637. The maximum Gasteiger partial charge on any atom is 0.372 e. The van der Waals surface area contributed by atoms with E-state index >= 15 is 0 Å². The molecule has 0 radical (unpaired) electrons. The first-order valence-electron chi connectivity index (χ1n) is 7.93. The minimum absolute atomic E-state index is 0.0476. The Morgan fingerprint density at radius 3 is 2.59 bits per heavy atom. The van der Waals surface area contributed by atoms with Gasteiger partial charge in [-0.2, -0.15) is 4.98 Å². The summed E-state index contributed by atoms with van der Waals surface area (Å²) in [6.07, 6.45) is 6.46. The van der Waals surface area contributed by atoms with E-state index in [1.165, 1.54) is 13.5 Å². The Balaban J connectivity index is 2.43. The highest BCUT2D eigenvalue weighted by atomic mass is 16.6. The summed E-state index contributed by atoms with van der Waals surface area (Å²) in [4.78, 5) is 19.7. The van der Waals surface area contributed by atoms with Crippen LogP contribution < -0.4 is 10.1 Å². The van der Waals surface area contributed by atoms with Crippen molar-refractivity contribution in [1.29, 1.82) is 0 Å². The lowest BCUT2D eigenvalue weighted by molar-refractivity contribution is -0.385. The second-order valence-electron chi connectivity index (χ2n) is 5.83. The highest BCUT2D eigenvalue weighted by Crippen LogP contribution is 2.37. The Kier molecular flexibility index (Phi) is 5.51. The van der Waals surface area contributed by atoms with Gasteiger partial charge in [0.15, 0.2) is 0 Å². The number of nitrogens with zero attached hydrogens (tertiary/aromatic N) is 3. The second kappa shape index (κ2) is 7.38. The summed E-state index contributed by atoms with van der Waals surface area (Å²) in [7, 11) is 1.41. The fourth-order valence-corrected chi connectivity index (χ4v) is 2.74. The van der Waals surface area contributed by atoms with Crippen molar-refractivity contribution in [3.8, 4) is 5.88 Å². The Morgan fingerprint density at radius 1 is 1.36 bits per heavy atom. The van der Waals surface area contributed by atoms with Crippen molar-refractivity contribution in [2.24, 2.45) is 0 Å². The lowest BCUT2D eigenvalue weighted by Crippen LogP contribution is -2.19. The van der Waals surface area contributed by atoms with Gasteiger partial charge in [-0.25, -0.2) is 4.98 Å². The van der Waals surface area contributed by atoms with Gasteiger partial charge < -0.3 is 10.1 Å². The van der Waals surface area contributed by atoms with Crippen molar-refractivity contribution < 1.29 is 9.66 Å². The smallest absolute Gasteiger partial charge is 0.372 e. The van der Waals surface area contributed by atoms with E-state index in [0.29, 0.717) is 5.82 Å². The standard InChI is InChI=1S/C15H24N4O3/c1-4-10(2)16-14-12(19(20)21)15(22-3)18-13(17-14)11-8-6-5-7-9-11/h10-11H,4-9H2,1-3H3,(H,16,17,18). The monoisotopic (exact) mass is 308 g/mol. The third-order valence-electron chi connectivity index (χ3n) is 4.21. The minimum atomic E-state index is -0.478. The highest BCUT2D eigenvalue weighted by Gasteiger charge is 2.29. The molecule has 122 valence electrons. The van der Waals surface area contributed by atoms with Gasteiger partial charge in [0.1, 0.15) is 5.82 Å². The van der Waals surface area contributed by atoms with Crippen LogP contribution in [-0.4, -0.2) is 28.0 Å². The van der Waals surface area contributed by atoms with Gasteiger partial charge in [0.25, 0.3) is 5.88 Å². The molecule has 1 fully saturated rings. The average molecular weight is 308 g/mol. The third-order valence-corrected chi connectivity index (χ3v) is 4.21. The predicted octanol–water partition coefficient (Wildman–Crippen LogP) is 3.65. The van der Waals surface area contributed by atoms with Crippen LogP contribution in [0, 0.1) is 10.1 Å². The molecule has 1 aliphatic rings. The summed E-state index contributed by atoms with van der Waals surface area (Å²) >= 11 is 0. The van der Waals surface area contributed by atoms with Crippen molar-refractivity contribution in [3.05, 3.63) is 15.9 Å². The molecule has 7 nitrogen and oxygen atoms in total. The number of nitro groups is 1. The number of nitrogens with one attached hydrogen (secondary N) is 1.